The van der Waals surface area contributed by atoms with Crippen molar-refractivity contribution in [2.75, 3.05) is 25.0 Å². The second-order valence-corrected chi connectivity index (χ2v) is 4.47. The second-order valence-electron chi connectivity index (χ2n) is 4.47. The molecule has 94 valence electrons. The highest BCUT2D eigenvalue weighted by atomic mass is 15.3. The molecule has 0 amide bonds. The van der Waals surface area contributed by atoms with Gasteiger partial charge in [-0.15, -0.1) is 5.10 Å². The molecule has 1 fully saturated rings. The van der Waals surface area contributed by atoms with Gasteiger partial charge < -0.3 is 10.2 Å². The summed E-state index contributed by atoms with van der Waals surface area (Å²) in [6.45, 7) is 6.30. The van der Waals surface area contributed by atoms with Crippen LogP contribution in [-0.2, 0) is 12.8 Å². The first-order chi connectivity index (χ1) is 8.26. The van der Waals surface area contributed by atoms with Crippen LogP contribution in [0.1, 0.15) is 31.7 Å². The van der Waals surface area contributed by atoms with Gasteiger partial charge in [0.05, 0.1) is 11.4 Å². The van der Waals surface area contributed by atoms with Crippen molar-refractivity contribution in [3.05, 3.63) is 11.4 Å². The van der Waals surface area contributed by atoms with Crippen molar-refractivity contribution in [1.82, 2.24) is 20.5 Å². The SMILES string of the molecule is CCc1nnc(N(C)C2CCNC2)nc1CC. The van der Waals surface area contributed by atoms with Gasteiger partial charge in [0.15, 0.2) is 0 Å². The van der Waals surface area contributed by atoms with Crippen LogP contribution in [-0.4, -0.2) is 41.4 Å². The van der Waals surface area contributed by atoms with Crippen LogP contribution in [0.2, 0.25) is 0 Å². The van der Waals surface area contributed by atoms with Gasteiger partial charge in [0, 0.05) is 19.6 Å². The lowest BCUT2D eigenvalue weighted by Gasteiger charge is -2.23. The van der Waals surface area contributed by atoms with Gasteiger partial charge in [0.2, 0.25) is 5.95 Å². The van der Waals surface area contributed by atoms with E-state index in [1.807, 2.05) is 0 Å². The van der Waals surface area contributed by atoms with Crippen LogP contribution < -0.4 is 10.2 Å². The molecule has 5 heteroatoms. The van der Waals surface area contributed by atoms with Crippen LogP contribution in [0.15, 0.2) is 0 Å². The number of nitrogens with one attached hydrogen (secondary N) is 1. The Kier molecular flexibility index (Phi) is 3.89. The molecule has 0 spiro atoms. The number of anilines is 1. The Morgan fingerprint density at radius 1 is 1.24 bits per heavy atom. The lowest BCUT2D eigenvalue weighted by atomic mass is 10.2. The molecule has 17 heavy (non-hydrogen) atoms. The quantitative estimate of drug-likeness (QED) is 0.836. The van der Waals surface area contributed by atoms with Gasteiger partial charge in [0.25, 0.3) is 0 Å². The van der Waals surface area contributed by atoms with E-state index in [1.165, 1.54) is 0 Å². The summed E-state index contributed by atoms with van der Waals surface area (Å²) >= 11 is 0. The Morgan fingerprint density at radius 2 is 2.00 bits per heavy atom. The number of rotatable bonds is 4. The smallest absolute Gasteiger partial charge is 0.245 e. The third kappa shape index (κ3) is 2.54. The Morgan fingerprint density at radius 3 is 2.59 bits per heavy atom. The highest BCUT2D eigenvalue weighted by Crippen LogP contribution is 2.15. The zero-order valence-electron chi connectivity index (χ0n) is 10.9. The first kappa shape index (κ1) is 12.2. The van der Waals surface area contributed by atoms with Gasteiger partial charge >= 0.3 is 0 Å². The van der Waals surface area contributed by atoms with Gasteiger partial charge in [-0.1, -0.05) is 13.8 Å². The Balaban J connectivity index is 2.20. The molecule has 1 aliphatic rings. The van der Waals surface area contributed by atoms with E-state index in [2.05, 4.69) is 46.3 Å². The number of likely N-dealkylation sites (N-methyl/N-ethyl adjacent to an activating group) is 1. The van der Waals surface area contributed by atoms with E-state index in [-0.39, 0.29) is 0 Å². The number of aromatic nitrogens is 3. The Hall–Kier alpha value is -1.23. The van der Waals surface area contributed by atoms with Crippen LogP contribution >= 0.6 is 0 Å². The summed E-state index contributed by atoms with van der Waals surface area (Å²) in [6.07, 6.45) is 2.97. The minimum absolute atomic E-state index is 0.494. The maximum atomic E-state index is 4.63. The van der Waals surface area contributed by atoms with E-state index in [1.54, 1.807) is 0 Å². The Labute approximate surface area is 103 Å². The fourth-order valence-electron chi connectivity index (χ4n) is 2.21. The average Bonchev–Trinajstić information content (AvgIpc) is 2.90. The van der Waals surface area contributed by atoms with E-state index < -0.39 is 0 Å². The Bertz CT molecular complexity index is 373. The minimum atomic E-state index is 0.494. The highest BCUT2D eigenvalue weighted by Gasteiger charge is 2.22. The zero-order valence-corrected chi connectivity index (χ0v) is 10.9. The molecule has 1 aromatic rings. The highest BCUT2D eigenvalue weighted by molar-refractivity contribution is 5.31. The molecule has 2 rings (SSSR count). The van der Waals surface area contributed by atoms with Crippen molar-refractivity contribution in [2.45, 2.75) is 39.2 Å². The molecule has 0 aliphatic carbocycles. The molecule has 1 aliphatic heterocycles. The first-order valence-corrected chi connectivity index (χ1v) is 6.42. The molecule has 0 bridgehead atoms. The molecule has 5 nitrogen and oxygen atoms in total. The van der Waals surface area contributed by atoms with Crippen LogP contribution in [0.25, 0.3) is 0 Å². The predicted octanol–water partition coefficient (Wildman–Crippen LogP) is 0.794. The van der Waals surface area contributed by atoms with Gasteiger partial charge in [-0.25, -0.2) is 4.98 Å². The molecule has 1 atom stereocenters. The van der Waals surface area contributed by atoms with Crippen molar-refractivity contribution < 1.29 is 0 Å². The molecule has 1 N–H and O–H groups in total. The second kappa shape index (κ2) is 5.40. The summed E-state index contributed by atoms with van der Waals surface area (Å²) in [5.41, 5.74) is 2.10. The summed E-state index contributed by atoms with van der Waals surface area (Å²) in [6, 6.07) is 0.494. The van der Waals surface area contributed by atoms with E-state index in [9.17, 15) is 0 Å². The number of hydrogen-bond donors (Lipinski definition) is 1. The van der Waals surface area contributed by atoms with E-state index >= 15 is 0 Å². The van der Waals surface area contributed by atoms with Gasteiger partial charge in [-0.05, 0) is 25.8 Å². The van der Waals surface area contributed by atoms with Crippen LogP contribution in [0.3, 0.4) is 0 Å². The largest absolute Gasteiger partial charge is 0.338 e. The zero-order chi connectivity index (χ0) is 12.3. The molecule has 0 aromatic carbocycles. The molecular formula is C12H21N5. The standard InChI is InChI=1S/C12H21N5/c1-4-10-11(5-2)15-16-12(14-10)17(3)9-6-7-13-8-9/h9,13H,4-8H2,1-3H3. The average molecular weight is 235 g/mol. The van der Waals surface area contributed by atoms with Crippen molar-refractivity contribution >= 4 is 5.95 Å². The molecule has 1 unspecified atom stereocenters. The summed E-state index contributed by atoms with van der Waals surface area (Å²) in [5, 5.41) is 11.9. The number of nitrogens with zero attached hydrogens (tertiary/aromatic N) is 4. The lowest BCUT2D eigenvalue weighted by molar-refractivity contribution is 0.653. The van der Waals surface area contributed by atoms with Crippen molar-refractivity contribution in [2.24, 2.45) is 0 Å². The summed E-state index contributed by atoms with van der Waals surface area (Å²) in [4.78, 5) is 6.78. The predicted molar refractivity (Wildman–Crippen MR) is 68.3 cm³/mol. The molecule has 0 saturated carbocycles. The van der Waals surface area contributed by atoms with Crippen LogP contribution in [0, 0.1) is 0 Å². The minimum Gasteiger partial charge on any atom is -0.338 e. The third-order valence-electron chi connectivity index (χ3n) is 3.40. The van der Waals surface area contributed by atoms with E-state index in [0.717, 1.165) is 49.7 Å². The fourth-order valence-corrected chi connectivity index (χ4v) is 2.21. The van der Waals surface area contributed by atoms with Crippen LogP contribution in [0.5, 0.6) is 0 Å². The van der Waals surface area contributed by atoms with E-state index in [0.29, 0.717) is 6.04 Å². The fraction of sp³-hybridized carbons (Fsp3) is 0.750. The van der Waals surface area contributed by atoms with Crippen molar-refractivity contribution in [3.63, 3.8) is 0 Å². The van der Waals surface area contributed by atoms with Gasteiger partial charge in [-0.3, -0.25) is 0 Å². The van der Waals surface area contributed by atoms with Gasteiger partial charge in [0.1, 0.15) is 0 Å². The lowest BCUT2D eigenvalue weighted by Crippen LogP contribution is -2.35. The van der Waals surface area contributed by atoms with Crippen molar-refractivity contribution in [1.29, 1.82) is 0 Å². The number of aryl methyl sites for hydroxylation is 2. The number of hydrogen-bond acceptors (Lipinski definition) is 5. The van der Waals surface area contributed by atoms with Gasteiger partial charge in [-0.2, -0.15) is 5.10 Å². The van der Waals surface area contributed by atoms with Crippen LogP contribution in [0.4, 0.5) is 5.95 Å². The maximum Gasteiger partial charge on any atom is 0.245 e. The summed E-state index contributed by atoms with van der Waals surface area (Å²) < 4.78 is 0. The van der Waals surface area contributed by atoms with Crippen molar-refractivity contribution in [3.8, 4) is 0 Å². The van der Waals surface area contributed by atoms with E-state index in [4.69, 9.17) is 0 Å². The summed E-state index contributed by atoms with van der Waals surface area (Å²) in [5.74, 6) is 0.757. The molecular weight excluding hydrogens is 214 g/mol. The summed E-state index contributed by atoms with van der Waals surface area (Å²) in [7, 11) is 2.06. The molecule has 1 aromatic heterocycles. The topological polar surface area (TPSA) is 53.9 Å². The molecule has 0 radical (unpaired) electrons. The monoisotopic (exact) mass is 235 g/mol. The normalized spacial score (nSPS) is 19.6. The molecule has 2 heterocycles. The maximum absolute atomic E-state index is 4.63. The third-order valence-corrected chi connectivity index (χ3v) is 3.40. The molecule has 1 saturated heterocycles. The first-order valence-electron chi connectivity index (χ1n) is 6.42.